The molecule has 1 nitrogen and oxygen atoms in total. The Labute approximate surface area is 92.2 Å². The van der Waals surface area contributed by atoms with Gasteiger partial charge in [0.05, 0.1) is 0 Å². The fraction of sp³-hybridized carbons (Fsp3) is 1.00. The first-order valence-electron chi connectivity index (χ1n) is 6.00. The maximum Gasteiger partial charge on any atom is -0.00178 e. The van der Waals surface area contributed by atoms with E-state index in [9.17, 15) is 0 Å². The highest BCUT2D eigenvalue weighted by Gasteiger charge is 2.49. The first kappa shape index (κ1) is 10.8. The molecule has 0 radical (unpaired) electrons. The minimum atomic E-state index is 0.568. The summed E-state index contributed by atoms with van der Waals surface area (Å²) in [4.78, 5) is 0. The van der Waals surface area contributed by atoms with Crippen LogP contribution in [0.15, 0.2) is 0 Å². The van der Waals surface area contributed by atoms with Crippen molar-refractivity contribution in [2.24, 2.45) is 23.0 Å². The Morgan fingerprint density at radius 2 is 2.29 bits per heavy atom. The second-order valence-electron chi connectivity index (χ2n) is 5.24. The van der Waals surface area contributed by atoms with Gasteiger partial charge in [0, 0.05) is 0 Å². The van der Waals surface area contributed by atoms with E-state index in [2.05, 4.69) is 6.26 Å². The molecule has 0 spiro atoms. The summed E-state index contributed by atoms with van der Waals surface area (Å²) < 4.78 is 0. The van der Waals surface area contributed by atoms with Crippen molar-refractivity contribution >= 4 is 11.8 Å². The lowest BCUT2D eigenvalue weighted by molar-refractivity contribution is 0.156. The van der Waals surface area contributed by atoms with Crippen molar-refractivity contribution in [3.63, 3.8) is 0 Å². The predicted molar refractivity (Wildman–Crippen MR) is 64.6 cm³/mol. The molecule has 3 atom stereocenters. The molecule has 82 valence electrons. The van der Waals surface area contributed by atoms with Gasteiger partial charge in [0.2, 0.25) is 0 Å². The fourth-order valence-corrected chi connectivity index (χ4v) is 4.22. The third-order valence-corrected chi connectivity index (χ3v) is 5.23. The third-order valence-electron chi connectivity index (χ3n) is 4.53. The van der Waals surface area contributed by atoms with Gasteiger partial charge < -0.3 is 5.73 Å². The number of rotatable bonds is 5. The van der Waals surface area contributed by atoms with Crippen LogP contribution in [0.2, 0.25) is 0 Å². The van der Waals surface area contributed by atoms with Crippen molar-refractivity contribution in [2.45, 2.75) is 38.5 Å². The molecule has 14 heavy (non-hydrogen) atoms. The van der Waals surface area contributed by atoms with Crippen molar-refractivity contribution in [2.75, 3.05) is 18.6 Å². The van der Waals surface area contributed by atoms with Gasteiger partial charge in [-0.25, -0.2) is 0 Å². The van der Waals surface area contributed by atoms with Crippen LogP contribution in [0.5, 0.6) is 0 Å². The average molecular weight is 213 g/mol. The summed E-state index contributed by atoms with van der Waals surface area (Å²) in [6.07, 6.45) is 10.9. The summed E-state index contributed by atoms with van der Waals surface area (Å²) in [5.41, 5.74) is 6.60. The van der Waals surface area contributed by atoms with Crippen molar-refractivity contribution in [1.82, 2.24) is 0 Å². The van der Waals surface area contributed by atoms with Crippen LogP contribution in [0.1, 0.15) is 38.5 Å². The molecular formula is C12H23NS. The van der Waals surface area contributed by atoms with Gasteiger partial charge in [-0.3, -0.25) is 0 Å². The van der Waals surface area contributed by atoms with Gasteiger partial charge in [-0.1, -0.05) is 6.42 Å². The van der Waals surface area contributed by atoms with Gasteiger partial charge in [0.15, 0.2) is 0 Å². The minimum absolute atomic E-state index is 0.568. The van der Waals surface area contributed by atoms with Gasteiger partial charge in [-0.2, -0.15) is 11.8 Å². The van der Waals surface area contributed by atoms with E-state index >= 15 is 0 Å². The van der Waals surface area contributed by atoms with Crippen LogP contribution in [0.25, 0.3) is 0 Å². The topological polar surface area (TPSA) is 26.0 Å². The van der Waals surface area contributed by atoms with Crippen LogP contribution in [0.4, 0.5) is 0 Å². The Bertz CT molecular complexity index is 195. The summed E-state index contributed by atoms with van der Waals surface area (Å²) in [5.74, 6) is 3.34. The molecule has 0 heterocycles. The molecule has 0 saturated heterocycles. The Morgan fingerprint density at radius 1 is 1.43 bits per heavy atom. The molecule has 0 aromatic rings. The second-order valence-corrected chi connectivity index (χ2v) is 6.23. The maximum absolute atomic E-state index is 6.03. The second kappa shape index (κ2) is 4.44. The largest absolute Gasteiger partial charge is 0.330 e. The summed E-state index contributed by atoms with van der Waals surface area (Å²) >= 11 is 1.97. The number of fused-ring (bicyclic) bond motifs is 2. The van der Waals surface area contributed by atoms with E-state index in [1.807, 2.05) is 11.8 Å². The molecule has 2 rings (SSSR count). The Kier molecular flexibility index (Phi) is 3.43. The zero-order valence-electron chi connectivity index (χ0n) is 9.30. The van der Waals surface area contributed by atoms with Crippen molar-refractivity contribution < 1.29 is 0 Å². The molecule has 2 aliphatic carbocycles. The Morgan fingerprint density at radius 3 is 2.79 bits per heavy atom. The molecule has 2 saturated carbocycles. The summed E-state index contributed by atoms with van der Waals surface area (Å²) in [5, 5.41) is 0. The zero-order valence-corrected chi connectivity index (χ0v) is 10.1. The van der Waals surface area contributed by atoms with E-state index < -0.39 is 0 Å². The lowest BCUT2D eigenvalue weighted by Gasteiger charge is -2.37. The third kappa shape index (κ3) is 1.83. The molecule has 0 aromatic carbocycles. The molecule has 0 amide bonds. The molecule has 2 fully saturated rings. The predicted octanol–water partition coefficient (Wildman–Crippen LogP) is 2.89. The molecule has 2 bridgehead atoms. The monoisotopic (exact) mass is 213 g/mol. The van der Waals surface area contributed by atoms with Crippen LogP contribution < -0.4 is 5.73 Å². The van der Waals surface area contributed by atoms with Crippen LogP contribution in [0.3, 0.4) is 0 Å². The lowest BCUT2D eigenvalue weighted by atomic mass is 9.70. The quantitative estimate of drug-likeness (QED) is 0.711. The van der Waals surface area contributed by atoms with E-state index in [0.717, 1.165) is 18.4 Å². The van der Waals surface area contributed by atoms with Crippen LogP contribution in [-0.2, 0) is 0 Å². The summed E-state index contributed by atoms with van der Waals surface area (Å²) in [6, 6.07) is 0. The molecular weight excluding hydrogens is 190 g/mol. The standard InChI is InChI=1S/C12H23NS/c1-14-6-2-5-12(9-13)8-10-3-4-11(12)7-10/h10-11H,2-9,13H2,1H3. The minimum Gasteiger partial charge on any atom is -0.330 e. The first-order valence-corrected chi connectivity index (χ1v) is 7.39. The Hall–Kier alpha value is 0.310. The van der Waals surface area contributed by atoms with Gasteiger partial charge in [-0.15, -0.1) is 0 Å². The highest BCUT2D eigenvalue weighted by molar-refractivity contribution is 7.98. The van der Waals surface area contributed by atoms with Crippen molar-refractivity contribution in [1.29, 1.82) is 0 Å². The zero-order chi connectivity index (χ0) is 10.0. The van der Waals surface area contributed by atoms with Gasteiger partial charge in [0.25, 0.3) is 0 Å². The SMILES string of the molecule is CSCCCC1(CN)CC2CCC1C2. The number of hydrogen-bond acceptors (Lipinski definition) is 2. The highest BCUT2D eigenvalue weighted by atomic mass is 32.2. The van der Waals surface area contributed by atoms with Crippen LogP contribution in [-0.4, -0.2) is 18.6 Å². The van der Waals surface area contributed by atoms with E-state index in [0.29, 0.717) is 5.41 Å². The van der Waals surface area contributed by atoms with Crippen LogP contribution >= 0.6 is 11.8 Å². The smallest absolute Gasteiger partial charge is 0.00178 e. The van der Waals surface area contributed by atoms with E-state index in [-0.39, 0.29) is 0 Å². The molecule has 0 aliphatic heterocycles. The van der Waals surface area contributed by atoms with Gasteiger partial charge >= 0.3 is 0 Å². The number of thioether (sulfide) groups is 1. The number of hydrogen-bond donors (Lipinski definition) is 1. The van der Waals surface area contributed by atoms with E-state index in [1.54, 1.807) is 0 Å². The van der Waals surface area contributed by atoms with Gasteiger partial charge in [-0.05, 0) is 67.9 Å². The maximum atomic E-state index is 6.03. The van der Waals surface area contributed by atoms with E-state index in [1.165, 1.54) is 44.3 Å². The Balaban J connectivity index is 1.90. The molecule has 2 aliphatic rings. The van der Waals surface area contributed by atoms with Crippen LogP contribution in [0, 0.1) is 17.3 Å². The number of nitrogens with two attached hydrogens (primary N) is 1. The first-order chi connectivity index (χ1) is 6.80. The normalized spacial score (nSPS) is 40.7. The van der Waals surface area contributed by atoms with Crippen molar-refractivity contribution in [3.8, 4) is 0 Å². The van der Waals surface area contributed by atoms with Crippen molar-refractivity contribution in [3.05, 3.63) is 0 Å². The summed E-state index contributed by atoms with van der Waals surface area (Å²) in [6.45, 7) is 0.947. The van der Waals surface area contributed by atoms with Gasteiger partial charge in [0.1, 0.15) is 0 Å². The summed E-state index contributed by atoms with van der Waals surface area (Å²) in [7, 11) is 0. The fourth-order valence-electron chi connectivity index (χ4n) is 3.78. The molecule has 2 heteroatoms. The average Bonchev–Trinajstić information content (AvgIpc) is 2.78. The van der Waals surface area contributed by atoms with E-state index in [4.69, 9.17) is 5.73 Å². The molecule has 2 N–H and O–H groups in total. The highest BCUT2D eigenvalue weighted by Crippen LogP contribution is 2.57. The molecule has 3 unspecified atom stereocenters. The molecule has 0 aromatic heterocycles. The lowest BCUT2D eigenvalue weighted by Crippen LogP contribution is -2.35.